The molecule has 0 unspecified atom stereocenters. The van der Waals surface area contributed by atoms with Crippen molar-refractivity contribution >= 4 is 5.97 Å². The minimum Gasteiger partial charge on any atom is -0.475 e. The molecular formula is C12H17F3O2. The second-order valence-electron chi connectivity index (χ2n) is 4.74. The van der Waals surface area contributed by atoms with E-state index in [9.17, 15) is 13.2 Å². The first kappa shape index (κ1) is 14.1. The SMILES string of the molecule is C1=CCC2(C1)CCCCC2.O=C(O)C(F)(F)F. The van der Waals surface area contributed by atoms with Gasteiger partial charge in [-0.1, -0.05) is 31.4 Å². The van der Waals surface area contributed by atoms with Crippen molar-refractivity contribution in [2.45, 2.75) is 51.1 Å². The maximum atomic E-state index is 10.6. The lowest BCUT2D eigenvalue weighted by molar-refractivity contribution is -0.192. The predicted octanol–water partition coefficient (Wildman–Crippen LogP) is 3.92. The molecule has 17 heavy (non-hydrogen) atoms. The lowest BCUT2D eigenvalue weighted by Gasteiger charge is -2.32. The number of rotatable bonds is 0. The highest BCUT2D eigenvalue weighted by molar-refractivity contribution is 5.73. The Labute approximate surface area is 98.5 Å². The highest BCUT2D eigenvalue weighted by Crippen LogP contribution is 2.45. The van der Waals surface area contributed by atoms with Gasteiger partial charge in [0.2, 0.25) is 0 Å². The van der Waals surface area contributed by atoms with Gasteiger partial charge in [-0.3, -0.25) is 0 Å². The van der Waals surface area contributed by atoms with Gasteiger partial charge in [0.25, 0.3) is 0 Å². The third-order valence-corrected chi connectivity index (χ3v) is 3.43. The summed E-state index contributed by atoms with van der Waals surface area (Å²) >= 11 is 0. The molecule has 2 rings (SSSR count). The zero-order valence-electron chi connectivity index (χ0n) is 9.59. The number of carbonyl (C=O) groups is 1. The Morgan fingerprint density at radius 2 is 1.47 bits per heavy atom. The zero-order valence-corrected chi connectivity index (χ0v) is 9.59. The molecule has 0 radical (unpaired) electrons. The van der Waals surface area contributed by atoms with Gasteiger partial charge in [-0.2, -0.15) is 13.2 Å². The molecule has 1 spiro atoms. The average molecular weight is 250 g/mol. The molecule has 0 amide bonds. The second kappa shape index (κ2) is 5.56. The maximum Gasteiger partial charge on any atom is 0.490 e. The van der Waals surface area contributed by atoms with Crippen LogP contribution in [0.25, 0.3) is 0 Å². The van der Waals surface area contributed by atoms with Gasteiger partial charge in [0.15, 0.2) is 0 Å². The first-order valence-electron chi connectivity index (χ1n) is 5.81. The summed E-state index contributed by atoms with van der Waals surface area (Å²) in [6.45, 7) is 0. The molecular weight excluding hydrogens is 233 g/mol. The van der Waals surface area contributed by atoms with Crippen LogP contribution in [-0.2, 0) is 4.79 Å². The topological polar surface area (TPSA) is 37.3 Å². The maximum absolute atomic E-state index is 10.6. The largest absolute Gasteiger partial charge is 0.490 e. The second-order valence-corrected chi connectivity index (χ2v) is 4.74. The summed E-state index contributed by atoms with van der Waals surface area (Å²) in [6, 6.07) is 0. The van der Waals surface area contributed by atoms with Crippen molar-refractivity contribution in [3.05, 3.63) is 12.2 Å². The van der Waals surface area contributed by atoms with Crippen LogP contribution in [0.3, 0.4) is 0 Å². The highest BCUT2D eigenvalue weighted by atomic mass is 19.4. The van der Waals surface area contributed by atoms with Crippen LogP contribution in [0.4, 0.5) is 13.2 Å². The van der Waals surface area contributed by atoms with E-state index in [1.807, 2.05) is 0 Å². The van der Waals surface area contributed by atoms with Gasteiger partial charge < -0.3 is 5.11 Å². The Morgan fingerprint density at radius 1 is 1.06 bits per heavy atom. The van der Waals surface area contributed by atoms with E-state index in [4.69, 9.17) is 9.90 Å². The highest BCUT2D eigenvalue weighted by Gasteiger charge is 2.38. The quantitative estimate of drug-likeness (QED) is 0.661. The zero-order chi connectivity index (χ0) is 12.9. The minimum atomic E-state index is -5.08. The fourth-order valence-electron chi connectivity index (χ4n) is 2.46. The first-order valence-corrected chi connectivity index (χ1v) is 5.81. The van der Waals surface area contributed by atoms with Crippen molar-refractivity contribution in [2.75, 3.05) is 0 Å². The normalized spacial score (nSPS) is 22.1. The van der Waals surface area contributed by atoms with E-state index >= 15 is 0 Å². The molecule has 0 aromatic carbocycles. The van der Waals surface area contributed by atoms with Crippen LogP contribution in [0.2, 0.25) is 0 Å². The summed E-state index contributed by atoms with van der Waals surface area (Å²) in [7, 11) is 0. The predicted molar refractivity (Wildman–Crippen MR) is 57.6 cm³/mol. The van der Waals surface area contributed by atoms with Crippen molar-refractivity contribution in [3.63, 3.8) is 0 Å². The van der Waals surface area contributed by atoms with Crippen molar-refractivity contribution in [2.24, 2.45) is 5.41 Å². The Kier molecular flexibility index (Phi) is 4.60. The van der Waals surface area contributed by atoms with E-state index < -0.39 is 12.1 Å². The van der Waals surface area contributed by atoms with Crippen LogP contribution in [0.15, 0.2) is 12.2 Å². The van der Waals surface area contributed by atoms with Crippen LogP contribution in [-0.4, -0.2) is 17.3 Å². The third kappa shape index (κ3) is 4.40. The molecule has 1 N–H and O–H groups in total. The van der Waals surface area contributed by atoms with Crippen molar-refractivity contribution in [3.8, 4) is 0 Å². The molecule has 1 fully saturated rings. The average Bonchev–Trinajstić information content (AvgIpc) is 2.67. The standard InChI is InChI=1S/C10H16.C2HF3O2/c1-2-6-10(7-3-1)8-4-5-9-10;3-2(4,5)1(6)7/h4-5H,1-3,6-9H2;(H,6,7). The van der Waals surface area contributed by atoms with Gasteiger partial charge >= 0.3 is 12.1 Å². The van der Waals surface area contributed by atoms with Crippen LogP contribution in [0.1, 0.15) is 44.9 Å². The van der Waals surface area contributed by atoms with Gasteiger partial charge in [-0.25, -0.2) is 4.79 Å². The Hall–Kier alpha value is -1.00. The molecule has 0 saturated heterocycles. The van der Waals surface area contributed by atoms with Crippen LogP contribution >= 0.6 is 0 Å². The molecule has 5 heteroatoms. The van der Waals surface area contributed by atoms with Crippen molar-refractivity contribution in [1.82, 2.24) is 0 Å². The number of allylic oxidation sites excluding steroid dienone is 2. The summed E-state index contributed by atoms with van der Waals surface area (Å²) < 4.78 is 31.7. The molecule has 0 heterocycles. The van der Waals surface area contributed by atoms with Crippen molar-refractivity contribution < 1.29 is 23.1 Å². The summed E-state index contributed by atoms with van der Waals surface area (Å²) in [5.74, 6) is -2.76. The first-order chi connectivity index (χ1) is 7.86. The van der Waals surface area contributed by atoms with E-state index in [0.29, 0.717) is 0 Å². The van der Waals surface area contributed by atoms with Crippen LogP contribution in [0.5, 0.6) is 0 Å². The molecule has 0 aromatic heterocycles. The number of hydrogen-bond donors (Lipinski definition) is 1. The number of alkyl halides is 3. The fourth-order valence-corrected chi connectivity index (χ4v) is 2.46. The summed E-state index contributed by atoms with van der Waals surface area (Å²) in [4.78, 5) is 8.90. The van der Waals surface area contributed by atoms with E-state index in [-0.39, 0.29) is 0 Å². The fraction of sp³-hybridized carbons (Fsp3) is 0.750. The number of halogens is 3. The Bertz CT molecular complexity index is 279. The number of aliphatic carboxylic acids is 1. The molecule has 0 aromatic rings. The molecule has 98 valence electrons. The molecule has 0 aliphatic heterocycles. The van der Waals surface area contributed by atoms with Crippen LogP contribution in [0, 0.1) is 5.41 Å². The van der Waals surface area contributed by atoms with E-state index in [0.717, 1.165) is 5.41 Å². The lowest BCUT2D eigenvalue weighted by Crippen LogP contribution is -2.21. The Morgan fingerprint density at radius 3 is 1.82 bits per heavy atom. The lowest BCUT2D eigenvalue weighted by atomic mass is 9.72. The molecule has 2 aliphatic rings. The Balaban J connectivity index is 0.000000185. The monoisotopic (exact) mass is 250 g/mol. The molecule has 0 atom stereocenters. The molecule has 1 saturated carbocycles. The van der Waals surface area contributed by atoms with Crippen molar-refractivity contribution in [1.29, 1.82) is 0 Å². The van der Waals surface area contributed by atoms with Gasteiger partial charge in [0.1, 0.15) is 0 Å². The minimum absolute atomic E-state index is 0.762. The molecule has 2 aliphatic carbocycles. The third-order valence-electron chi connectivity index (χ3n) is 3.43. The van der Waals surface area contributed by atoms with E-state index in [1.165, 1.54) is 44.9 Å². The van der Waals surface area contributed by atoms with Gasteiger partial charge in [0.05, 0.1) is 0 Å². The van der Waals surface area contributed by atoms with Crippen LogP contribution < -0.4 is 0 Å². The number of carboxylic acids is 1. The van der Waals surface area contributed by atoms with E-state index in [1.54, 1.807) is 0 Å². The van der Waals surface area contributed by atoms with Gasteiger partial charge in [-0.05, 0) is 31.1 Å². The molecule has 0 bridgehead atoms. The van der Waals surface area contributed by atoms with E-state index in [2.05, 4.69) is 12.2 Å². The van der Waals surface area contributed by atoms with Gasteiger partial charge in [-0.15, -0.1) is 0 Å². The summed E-state index contributed by atoms with van der Waals surface area (Å²) in [6.07, 6.45) is 9.90. The number of hydrogen-bond acceptors (Lipinski definition) is 1. The summed E-state index contributed by atoms with van der Waals surface area (Å²) in [5, 5.41) is 7.12. The number of carboxylic acid groups (broad SMARTS) is 1. The molecule has 2 nitrogen and oxygen atoms in total. The summed E-state index contributed by atoms with van der Waals surface area (Å²) in [5.41, 5.74) is 0.762. The smallest absolute Gasteiger partial charge is 0.475 e. The van der Waals surface area contributed by atoms with Gasteiger partial charge in [0, 0.05) is 0 Å².